The van der Waals surface area contributed by atoms with Crippen LogP contribution in [0, 0.1) is 5.82 Å². The Hall–Kier alpha value is -2.72. The van der Waals surface area contributed by atoms with E-state index in [0.717, 1.165) is 29.8 Å². The average Bonchev–Trinajstić information content (AvgIpc) is 3.31. The summed E-state index contributed by atoms with van der Waals surface area (Å²) in [5.41, 5.74) is -2.59. The van der Waals surface area contributed by atoms with Crippen molar-refractivity contribution in [2.24, 2.45) is 0 Å². The Morgan fingerprint density at radius 1 is 1.21 bits per heavy atom. The number of amides is 1. The molecule has 1 unspecified atom stereocenters. The molecule has 2 aromatic rings. The first-order valence-electron chi connectivity index (χ1n) is 9.45. The zero-order chi connectivity index (χ0) is 20.8. The molecule has 0 N–H and O–H groups in total. The van der Waals surface area contributed by atoms with Crippen molar-refractivity contribution in [3.05, 3.63) is 45.6 Å². The second kappa shape index (κ2) is 7.27. The van der Waals surface area contributed by atoms with Crippen molar-refractivity contribution >= 4 is 5.91 Å². The molecule has 0 spiro atoms. The summed E-state index contributed by atoms with van der Waals surface area (Å²) in [6.45, 7) is 0.826. The Morgan fingerprint density at radius 2 is 1.93 bits per heavy atom. The second-order valence-corrected chi connectivity index (χ2v) is 7.30. The molecule has 0 aliphatic carbocycles. The minimum Gasteiger partial charge on any atom is -0.341 e. The number of halogens is 4. The lowest BCUT2D eigenvalue weighted by Gasteiger charge is -2.27. The Morgan fingerprint density at radius 3 is 2.62 bits per heavy atom. The van der Waals surface area contributed by atoms with Gasteiger partial charge in [-0.05, 0) is 31.7 Å². The number of rotatable bonds is 3. The number of likely N-dealkylation sites (tertiary alicyclic amines) is 1. The maximum atomic E-state index is 14.3. The number of carbonyl (C=O) groups excluding carboxylic acids is 1. The first-order valence-corrected chi connectivity index (χ1v) is 9.45. The van der Waals surface area contributed by atoms with Gasteiger partial charge in [-0.15, -0.1) is 0 Å². The fraction of sp³-hybridized carbons (Fsp3) is 0.556. The van der Waals surface area contributed by atoms with Crippen LogP contribution in [0.25, 0.3) is 0 Å². The summed E-state index contributed by atoms with van der Waals surface area (Å²) in [4.78, 5) is 30.5. The van der Waals surface area contributed by atoms with Crippen molar-refractivity contribution in [1.82, 2.24) is 24.2 Å². The molecule has 1 amide bonds. The molecular formula is C18H19F4N5O2. The van der Waals surface area contributed by atoms with Gasteiger partial charge in [0.15, 0.2) is 11.5 Å². The minimum atomic E-state index is -4.94. The predicted octanol–water partition coefficient (Wildman–Crippen LogP) is 2.15. The van der Waals surface area contributed by atoms with Crippen molar-refractivity contribution in [2.45, 2.75) is 50.9 Å². The van der Waals surface area contributed by atoms with E-state index in [-0.39, 0.29) is 11.5 Å². The quantitative estimate of drug-likeness (QED) is 0.723. The summed E-state index contributed by atoms with van der Waals surface area (Å²) in [6, 6.07) is 0.411. The predicted molar refractivity (Wildman–Crippen MR) is 92.6 cm³/mol. The number of carbonyl (C=O) groups is 1. The smallest absolute Gasteiger partial charge is 0.341 e. The summed E-state index contributed by atoms with van der Waals surface area (Å²) < 4.78 is 55.2. The normalized spacial score (nSPS) is 19.4. The van der Waals surface area contributed by atoms with Gasteiger partial charge in [-0.1, -0.05) is 0 Å². The Balaban J connectivity index is 1.67. The average molecular weight is 413 g/mol. The van der Waals surface area contributed by atoms with Gasteiger partial charge in [0.25, 0.3) is 0 Å². The van der Waals surface area contributed by atoms with E-state index in [4.69, 9.17) is 0 Å². The molecule has 1 saturated heterocycles. The number of nitrogens with zero attached hydrogens (tertiary/aromatic N) is 5. The highest BCUT2D eigenvalue weighted by atomic mass is 19.4. The number of hydrogen-bond acceptors (Lipinski definition) is 4. The number of alkyl halides is 3. The molecule has 1 atom stereocenters. The van der Waals surface area contributed by atoms with Crippen LogP contribution in [0.5, 0.6) is 0 Å². The number of pyridine rings is 1. The Labute approximate surface area is 162 Å². The molecule has 2 aliphatic heterocycles. The van der Waals surface area contributed by atoms with Gasteiger partial charge < -0.3 is 4.90 Å². The zero-order valence-corrected chi connectivity index (χ0v) is 15.5. The van der Waals surface area contributed by atoms with E-state index in [9.17, 15) is 27.2 Å². The van der Waals surface area contributed by atoms with Crippen molar-refractivity contribution in [3.8, 4) is 0 Å². The summed E-state index contributed by atoms with van der Waals surface area (Å²) in [5.74, 6) is -1.27. The highest BCUT2D eigenvalue weighted by Crippen LogP contribution is 2.31. The molecule has 2 aromatic heterocycles. The van der Waals surface area contributed by atoms with Gasteiger partial charge in [0.1, 0.15) is 11.9 Å². The minimum absolute atomic E-state index is 0.139. The van der Waals surface area contributed by atoms with Crippen LogP contribution in [0.2, 0.25) is 0 Å². The van der Waals surface area contributed by atoms with Gasteiger partial charge >= 0.3 is 11.9 Å². The zero-order valence-electron chi connectivity index (χ0n) is 15.5. The van der Waals surface area contributed by atoms with Crippen LogP contribution < -0.4 is 5.69 Å². The van der Waals surface area contributed by atoms with Crippen LogP contribution in [-0.2, 0) is 23.9 Å². The molecule has 1 fully saturated rings. The van der Waals surface area contributed by atoms with E-state index in [0.29, 0.717) is 38.2 Å². The Bertz CT molecular complexity index is 991. The summed E-state index contributed by atoms with van der Waals surface area (Å²) >= 11 is 0. The monoisotopic (exact) mass is 413 g/mol. The molecule has 0 radical (unpaired) electrons. The van der Waals surface area contributed by atoms with Gasteiger partial charge in [-0.2, -0.15) is 18.3 Å². The molecule has 2 aliphatic rings. The third kappa shape index (κ3) is 3.53. The second-order valence-electron chi connectivity index (χ2n) is 7.30. The van der Waals surface area contributed by atoms with E-state index < -0.39 is 36.0 Å². The molecule has 0 saturated carbocycles. The third-order valence-electron chi connectivity index (χ3n) is 5.39. The van der Waals surface area contributed by atoms with Crippen molar-refractivity contribution in [2.75, 3.05) is 13.1 Å². The third-order valence-corrected chi connectivity index (χ3v) is 5.39. The molecule has 156 valence electrons. The number of fused-ring (bicyclic) bond motifs is 1. The number of aromatic nitrogens is 4. The molecule has 0 bridgehead atoms. The summed E-state index contributed by atoms with van der Waals surface area (Å²) in [5, 5.41) is 4.17. The SMILES string of the molecule is O=C(C1CCCc2nn(Cc3ccnc(C(F)(F)F)c3F)c(=O)n21)N1CCCC1. The topological polar surface area (TPSA) is 73.0 Å². The molecule has 11 heteroatoms. The van der Waals surface area contributed by atoms with Crippen LogP contribution in [0.15, 0.2) is 17.1 Å². The standard InChI is InChI=1S/C18H19F4N5O2/c19-14-11(6-7-23-15(14)18(20,21)22)10-26-17(29)27-12(4-3-5-13(27)24-26)16(28)25-8-1-2-9-25/h6-7,12H,1-5,8-10H2. The highest BCUT2D eigenvalue weighted by Gasteiger charge is 2.37. The first kappa shape index (κ1) is 19.6. The van der Waals surface area contributed by atoms with Crippen LogP contribution in [0.3, 0.4) is 0 Å². The van der Waals surface area contributed by atoms with Crippen LogP contribution in [-0.4, -0.2) is 43.2 Å². The molecular weight excluding hydrogens is 394 g/mol. The maximum Gasteiger partial charge on any atom is 0.436 e. The largest absolute Gasteiger partial charge is 0.436 e. The van der Waals surface area contributed by atoms with E-state index in [1.54, 1.807) is 4.90 Å². The van der Waals surface area contributed by atoms with Crippen LogP contribution in [0.4, 0.5) is 17.6 Å². The van der Waals surface area contributed by atoms with Crippen LogP contribution in [0.1, 0.15) is 48.8 Å². The summed E-state index contributed by atoms with van der Waals surface area (Å²) in [6.07, 6.45) is -0.616. The lowest BCUT2D eigenvalue weighted by Crippen LogP contribution is -2.41. The molecule has 7 nitrogen and oxygen atoms in total. The van der Waals surface area contributed by atoms with Gasteiger partial charge in [-0.3, -0.25) is 9.36 Å². The van der Waals surface area contributed by atoms with Crippen LogP contribution >= 0.6 is 0 Å². The van der Waals surface area contributed by atoms with E-state index >= 15 is 0 Å². The van der Waals surface area contributed by atoms with Gasteiger partial charge in [0.05, 0.1) is 6.54 Å². The van der Waals surface area contributed by atoms with E-state index in [1.807, 2.05) is 0 Å². The summed E-state index contributed by atoms with van der Waals surface area (Å²) in [7, 11) is 0. The molecule has 4 heterocycles. The molecule has 29 heavy (non-hydrogen) atoms. The lowest BCUT2D eigenvalue weighted by atomic mass is 10.0. The highest BCUT2D eigenvalue weighted by molar-refractivity contribution is 5.80. The lowest BCUT2D eigenvalue weighted by molar-refractivity contribution is -0.143. The Kier molecular flexibility index (Phi) is 4.91. The molecule has 0 aromatic carbocycles. The number of aryl methyl sites for hydroxylation is 1. The fourth-order valence-corrected chi connectivity index (χ4v) is 3.98. The number of hydrogen-bond donors (Lipinski definition) is 0. The van der Waals surface area contributed by atoms with Gasteiger partial charge in [0, 0.05) is 31.3 Å². The fourth-order valence-electron chi connectivity index (χ4n) is 3.98. The molecule has 4 rings (SSSR count). The van der Waals surface area contributed by atoms with Crippen molar-refractivity contribution < 1.29 is 22.4 Å². The van der Waals surface area contributed by atoms with Gasteiger partial charge in [0.2, 0.25) is 5.91 Å². The van der Waals surface area contributed by atoms with Crippen molar-refractivity contribution in [1.29, 1.82) is 0 Å². The maximum absolute atomic E-state index is 14.3. The van der Waals surface area contributed by atoms with E-state index in [2.05, 4.69) is 10.1 Å². The van der Waals surface area contributed by atoms with Gasteiger partial charge in [-0.25, -0.2) is 18.9 Å². The van der Waals surface area contributed by atoms with E-state index in [1.165, 1.54) is 4.57 Å². The first-order chi connectivity index (χ1) is 13.8. The van der Waals surface area contributed by atoms with Crippen molar-refractivity contribution in [3.63, 3.8) is 0 Å².